The number of para-hydroxylation sites is 1. The van der Waals surface area contributed by atoms with Crippen molar-refractivity contribution in [2.24, 2.45) is 0 Å². The van der Waals surface area contributed by atoms with E-state index in [0.717, 1.165) is 28.6 Å². The number of ether oxygens (including phenoxy) is 1. The van der Waals surface area contributed by atoms with Crippen molar-refractivity contribution in [1.82, 2.24) is 4.98 Å². The first kappa shape index (κ1) is 21.0. The molecular formula is C22H24N2O4S2. The largest absolute Gasteiger partial charge is 0.376 e. The first-order chi connectivity index (χ1) is 14.5. The van der Waals surface area contributed by atoms with Crippen LogP contribution in [-0.2, 0) is 25.1 Å². The summed E-state index contributed by atoms with van der Waals surface area (Å²) in [5.41, 5.74) is 1.56. The number of sulfone groups is 1. The Balaban J connectivity index is 1.48. The zero-order chi connectivity index (χ0) is 21.0. The molecule has 1 aliphatic rings. The summed E-state index contributed by atoms with van der Waals surface area (Å²) in [6, 6.07) is 16.8. The van der Waals surface area contributed by atoms with Crippen LogP contribution in [0.4, 0.5) is 5.13 Å². The number of aromatic nitrogens is 1. The third-order valence-electron chi connectivity index (χ3n) is 5.08. The SMILES string of the molecule is O=C(CCS(=O)(=O)Cc1ccccc1)N(C[C@H]1CCCO1)c1nc2ccccc2s1. The van der Waals surface area contributed by atoms with Crippen molar-refractivity contribution in [2.45, 2.75) is 31.1 Å². The first-order valence-electron chi connectivity index (χ1n) is 10.0. The quantitative estimate of drug-likeness (QED) is 0.528. The summed E-state index contributed by atoms with van der Waals surface area (Å²) in [4.78, 5) is 19.3. The lowest BCUT2D eigenvalue weighted by Gasteiger charge is -2.23. The molecule has 0 N–H and O–H groups in total. The van der Waals surface area contributed by atoms with Gasteiger partial charge in [0, 0.05) is 13.0 Å². The second-order valence-corrected chi connectivity index (χ2v) is 10.6. The van der Waals surface area contributed by atoms with Gasteiger partial charge in [0.2, 0.25) is 5.91 Å². The van der Waals surface area contributed by atoms with E-state index in [2.05, 4.69) is 4.98 Å². The van der Waals surface area contributed by atoms with Crippen LogP contribution in [0.25, 0.3) is 10.2 Å². The molecule has 1 fully saturated rings. The van der Waals surface area contributed by atoms with Gasteiger partial charge >= 0.3 is 0 Å². The lowest BCUT2D eigenvalue weighted by atomic mass is 10.2. The third-order valence-corrected chi connectivity index (χ3v) is 7.74. The molecule has 0 aliphatic carbocycles. The predicted molar refractivity (Wildman–Crippen MR) is 119 cm³/mol. The molecule has 2 heterocycles. The Morgan fingerprint density at radius 2 is 1.90 bits per heavy atom. The topological polar surface area (TPSA) is 76.6 Å². The molecule has 4 rings (SSSR count). The number of amides is 1. The van der Waals surface area contributed by atoms with Gasteiger partial charge in [-0.3, -0.25) is 9.69 Å². The van der Waals surface area contributed by atoms with Crippen molar-refractivity contribution in [1.29, 1.82) is 0 Å². The minimum absolute atomic E-state index is 0.0399. The highest BCUT2D eigenvalue weighted by Gasteiger charge is 2.27. The molecule has 1 aromatic heterocycles. The van der Waals surface area contributed by atoms with Gasteiger partial charge in [0.15, 0.2) is 15.0 Å². The number of rotatable bonds is 8. The van der Waals surface area contributed by atoms with Gasteiger partial charge in [-0.1, -0.05) is 53.8 Å². The van der Waals surface area contributed by atoms with Gasteiger partial charge < -0.3 is 4.74 Å². The highest BCUT2D eigenvalue weighted by Crippen LogP contribution is 2.30. The molecular weight excluding hydrogens is 420 g/mol. The number of hydrogen-bond donors (Lipinski definition) is 0. The summed E-state index contributed by atoms with van der Waals surface area (Å²) < 4.78 is 31.8. The monoisotopic (exact) mass is 444 g/mol. The molecule has 8 heteroatoms. The van der Waals surface area contributed by atoms with E-state index in [4.69, 9.17) is 4.74 Å². The minimum Gasteiger partial charge on any atom is -0.376 e. The molecule has 3 aromatic rings. The average molecular weight is 445 g/mol. The first-order valence-corrected chi connectivity index (χ1v) is 12.7. The molecule has 0 unspecified atom stereocenters. The maximum Gasteiger partial charge on any atom is 0.229 e. The number of carbonyl (C=O) groups excluding carboxylic acids is 1. The third kappa shape index (κ3) is 5.24. The number of fused-ring (bicyclic) bond motifs is 1. The molecule has 2 aromatic carbocycles. The Bertz CT molecular complexity index is 1070. The van der Waals surface area contributed by atoms with Crippen LogP contribution in [-0.4, -0.2) is 44.3 Å². The number of benzene rings is 2. The van der Waals surface area contributed by atoms with Gasteiger partial charge in [-0.25, -0.2) is 13.4 Å². The van der Waals surface area contributed by atoms with Gasteiger partial charge in [-0.2, -0.15) is 0 Å². The molecule has 1 aliphatic heterocycles. The fraction of sp³-hybridized carbons (Fsp3) is 0.364. The normalized spacial score (nSPS) is 16.7. The van der Waals surface area contributed by atoms with Crippen molar-refractivity contribution in [3.8, 4) is 0 Å². The van der Waals surface area contributed by atoms with E-state index in [9.17, 15) is 13.2 Å². The van der Waals surface area contributed by atoms with Crippen LogP contribution >= 0.6 is 11.3 Å². The van der Waals surface area contributed by atoms with Crippen molar-refractivity contribution in [3.05, 3.63) is 60.2 Å². The lowest BCUT2D eigenvalue weighted by molar-refractivity contribution is -0.118. The van der Waals surface area contributed by atoms with E-state index in [-0.39, 0.29) is 29.9 Å². The highest BCUT2D eigenvalue weighted by atomic mass is 32.2. The lowest BCUT2D eigenvalue weighted by Crippen LogP contribution is -2.38. The molecule has 30 heavy (non-hydrogen) atoms. The van der Waals surface area contributed by atoms with E-state index in [1.165, 1.54) is 11.3 Å². The van der Waals surface area contributed by atoms with E-state index in [1.807, 2.05) is 42.5 Å². The predicted octanol–water partition coefficient (Wildman–Crippen LogP) is 3.81. The van der Waals surface area contributed by atoms with Gasteiger partial charge in [0.05, 0.1) is 34.4 Å². The molecule has 6 nitrogen and oxygen atoms in total. The molecule has 158 valence electrons. The van der Waals surface area contributed by atoms with Crippen LogP contribution in [0.1, 0.15) is 24.8 Å². The fourth-order valence-electron chi connectivity index (χ4n) is 3.53. The Morgan fingerprint density at radius 1 is 1.13 bits per heavy atom. The number of hydrogen-bond acceptors (Lipinski definition) is 6. The van der Waals surface area contributed by atoms with Crippen molar-refractivity contribution in [3.63, 3.8) is 0 Å². The van der Waals surface area contributed by atoms with E-state index >= 15 is 0 Å². The van der Waals surface area contributed by atoms with Gasteiger partial charge in [-0.05, 0) is 30.5 Å². The van der Waals surface area contributed by atoms with E-state index in [1.54, 1.807) is 17.0 Å². The maximum atomic E-state index is 13.1. The Labute approximate surface area is 180 Å². The van der Waals surface area contributed by atoms with Crippen LogP contribution in [0.3, 0.4) is 0 Å². The zero-order valence-corrected chi connectivity index (χ0v) is 18.2. The maximum absolute atomic E-state index is 13.1. The smallest absolute Gasteiger partial charge is 0.229 e. The standard InChI is InChI=1S/C22H24N2O4S2/c25-21(12-14-30(26,27)16-17-7-2-1-3-8-17)24(15-18-9-6-13-28-18)22-23-19-10-4-5-11-20(19)29-22/h1-5,7-8,10-11,18H,6,9,12-16H2/t18-/m1/s1. The Kier molecular flexibility index (Phi) is 6.46. The summed E-state index contributed by atoms with van der Waals surface area (Å²) in [5, 5.41) is 0.595. The average Bonchev–Trinajstić information content (AvgIpc) is 3.40. The molecule has 1 amide bonds. The molecule has 1 saturated heterocycles. The van der Waals surface area contributed by atoms with Crippen LogP contribution < -0.4 is 4.90 Å². The van der Waals surface area contributed by atoms with Crippen molar-refractivity contribution >= 4 is 42.4 Å². The molecule has 0 spiro atoms. The number of anilines is 1. The summed E-state index contributed by atoms with van der Waals surface area (Å²) in [6.45, 7) is 1.09. The minimum atomic E-state index is -3.39. The van der Waals surface area contributed by atoms with Crippen LogP contribution in [0.15, 0.2) is 54.6 Å². The summed E-state index contributed by atoms with van der Waals surface area (Å²) in [7, 11) is -3.39. The molecule has 0 radical (unpaired) electrons. The summed E-state index contributed by atoms with van der Waals surface area (Å²) in [5.74, 6) is -0.483. The Morgan fingerprint density at radius 3 is 2.63 bits per heavy atom. The number of nitrogens with zero attached hydrogens (tertiary/aromatic N) is 2. The van der Waals surface area contributed by atoms with Crippen LogP contribution in [0.5, 0.6) is 0 Å². The van der Waals surface area contributed by atoms with Crippen LogP contribution in [0, 0.1) is 0 Å². The number of carbonyl (C=O) groups is 1. The molecule has 1 atom stereocenters. The van der Waals surface area contributed by atoms with Crippen molar-refractivity contribution in [2.75, 3.05) is 23.8 Å². The van der Waals surface area contributed by atoms with Gasteiger partial charge in [0.1, 0.15) is 0 Å². The summed E-state index contributed by atoms with van der Waals surface area (Å²) in [6.07, 6.45) is 1.75. The van der Waals surface area contributed by atoms with E-state index in [0.29, 0.717) is 18.3 Å². The zero-order valence-electron chi connectivity index (χ0n) is 16.6. The van der Waals surface area contributed by atoms with Crippen LogP contribution in [0.2, 0.25) is 0 Å². The number of thiazole rings is 1. The second-order valence-electron chi connectivity index (χ2n) is 7.43. The van der Waals surface area contributed by atoms with Gasteiger partial charge in [0.25, 0.3) is 0 Å². The fourth-order valence-corrected chi connectivity index (χ4v) is 5.85. The Hall–Kier alpha value is -2.29. The highest BCUT2D eigenvalue weighted by molar-refractivity contribution is 7.90. The van der Waals surface area contributed by atoms with Crippen molar-refractivity contribution < 1.29 is 17.9 Å². The van der Waals surface area contributed by atoms with Gasteiger partial charge in [-0.15, -0.1) is 0 Å². The molecule has 0 bridgehead atoms. The van der Waals surface area contributed by atoms with E-state index < -0.39 is 9.84 Å². The second kappa shape index (κ2) is 9.24. The summed E-state index contributed by atoms with van der Waals surface area (Å²) >= 11 is 1.44. The molecule has 0 saturated carbocycles.